The number of hydrazone groups is 1. The summed E-state index contributed by atoms with van der Waals surface area (Å²) in [4.78, 5) is 31.8. The number of nitrogens with one attached hydrogen (secondary N) is 1. The fraction of sp³-hybridized carbons (Fsp3) is 0.560. The highest BCUT2D eigenvalue weighted by molar-refractivity contribution is 7.12. The van der Waals surface area contributed by atoms with Crippen molar-refractivity contribution in [3.8, 4) is 0 Å². The summed E-state index contributed by atoms with van der Waals surface area (Å²) in [5.74, 6) is -0.186. The summed E-state index contributed by atoms with van der Waals surface area (Å²) in [5, 5.41) is 11.4. The van der Waals surface area contributed by atoms with Crippen LogP contribution in [-0.2, 0) is 16.6 Å². The molecule has 4 rings (SSSR count). The first-order valence-electron chi connectivity index (χ1n) is 12.1. The molecule has 9 nitrogen and oxygen atoms in total. The molecule has 0 bridgehead atoms. The van der Waals surface area contributed by atoms with Gasteiger partial charge in [0, 0.05) is 57.1 Å². The summed E-state index contributed by atoms with van der Waals surface area (Å²) in [6.07, 6.45) is 2.62. The van der Waals surface area contributed by atoms with Crippen LogP contribution >= 0.6 is 11.3 Å². The number of hydrogen-bond donors (Lipinski definition) is 1. The normalized spacial score (nSPS) is 19.0. The van der Waals surface area contributed by atoms with Gasteiger partial charge in [0.1, 0.15) is 12.6 Å². The van der Waals surface area contributed by atoms with Gasteiger partial charge in [-0.1, -0.05) is 6.07 Å². The Morgan fingerprint density at radius 1 is 1.23 bits per heavy atom. The Labute approximate surface area is 211 Å². The van der Waals surface area contributed by atoms with Crippen LogP contribution in [0.25, 0.3) is 0 Å². The van der Waals surface area contributed by atoms with Crippen molar-refractivity contribution in [1.82, 2.24) is 24.7 Å². The number of ether oxygens (including phenoxy) is 1. The van der Waals surface area contributed by atoms with Gasteiger partial charge >= 0.3 is 6.03 Å². The Bertz CT molecular complexity index is 1040. The monoisotopic (exact) mass is 500 g/mol. The van der Waals surface area contributed by atoms with E-state index in [2.05, 4.69) is 10.2 Å². The zero-order valence-corrected chi connectivity index (χ0v) is 21.9. The third-order valence-corrected chi connectivity index (χ3v) is 7.10. The summed E-state index contributed by atoms with van der Waals surface area (Å²) >= 11 is 1.62. The van der Waals surface area contributed by atoms with Crippen molar-refractivity contribution in [3.63, 3.8) is 0 Å². The second-order valence-electron chi connectivity index (χ2n) is 10.1. The van der Waals surface area contributed by atoms with Crippen molar-refractivity contribution >= 4 is 29.0 Å². The number of urea groups is 1. The lowest BCUT2D eigenvalue weighted by molar-refractivity contribution is -0.133. The molecule has 0 radical (unpaired) electrons. The number of morpholine rings is 1. The predicted octanol–water partition coefficient (Wildman–Crippen LogP) is 2.91. The number of amides is 3. The van der Waals surface area contributed by atoms with Crippen LogP contribution in [0, 0.1) is 0 Å². The van der Waals surface area contributed by atoms with E-state index in [1.807, 2.05) is 68.2 Å². The van der Waals surface area contributed by atoms with Crippen LogP contribution in [-0.4, -0.2) is 88.5 Å². The van der Waals surface area contributed by atoms with Gasteiger partial charge in [0.05, 0.1) is 23.8 Å². The first kappa shape index (κ1) is 25.4. The summed E-state index contributed by atoms with van der Waals surface area (Å²) < 4.78 is 7.47. The second-order valence-corrected chi connectivity index (χ2v) is 11.0. The molecule has 1 N–H and O–H groups in total. The van der Waals surface area contributed by atoms with E-state index < -0.39 is 5.54 Å². The Balaban J connectivity index is 1.53. The van der Waals surface area contributed by atoms with Gasteiger partial charge in [0.15, 0.2) is 0 Å². The molecule has 2 aromatic heterocycles. The van der Waals surface area contributed by atoms with Crippen molar-refractivity contribution < 1.29 is 14.3 Å². The molecule has 10 heteroatoms. The molecular formula is C25H36N6O3S. The van der Waals surface area contributed by atoms with Gasteiger partial charge in [-0.15, -0.1) is 11.3 Å². The maximum Gasteiger partial charge on any atom is 0.318 e. The molecule has 2 aromatic rings. The highest BCUT2D eigenvalue weighted by atomic mass is 32.1. The maximum atomic E-state index is 13.7. The standard InChI is InChI=1S/C25H36N6O3S/c1-25(2,3)26-24(33)30(11-10-29-12-14-34-15-13-29)18-23(32)31-21(20-7-5-9-28(20)4)17-19(27-31)22-8-6-16-35-22/h5-9,16,21H,10-15,17-18H2,1-4H3,(H,26,33)/t21-/m0/s1. The molecule has 1 atom stereocenters. The SMILES string of the molecule is Cn1cccc1[C@@H]1CC(c2cccs2)=NN1C(=O)CN(CCN1CCOCC1)C(=O)NC(C)(C)C. The van der Waals surface area contributed by atoms with E-state index in [0.717, 1.165) is 29.4 Å². The van der Waals surface area contributed by atoms with E-state index in [1.165, 1.54) is 0 Å². The van der Waals surface area contributed by atoms with E-state index in [1.54, 1.807) is 21.2 Å². The number of carbonyl (C=O) groups excluding carboxylic acids is 2. The number of hydrogen-bond acceptors (Lipinski definition) is 6. The summed E-state index contributed by atoms with van der Waals surface area (Å²) in [7, 11) is 1.98. The van der Waals surface area contributed by atoms with Crippen LogP contribution in [0.4, 0.5) is 4.79 Å². The van der Waals surface area contributed by atoms with Crippen molar-refractivity contribution in [2.45, 2.75) is 38.8 Å². The van der Waals surface area contributed by atoms with Gasteiger partial charge in [-0.3, -0.25) is 9.69 Å². The van der Waals surface area contributed by atoms with Gasteiger partial charge in [-0.25, -0.2) is 9.80 Å². The minimum Gasteiger partial charge on any atom is -0.379 e. The zero-order valence-electron chi connectivity index (χ0n) is 21.1. The second kappa shape index (κ2) is 10.9. The number of nitrogens with zero attached hydrogens (tertiary/aromatic N) is 5. The van der Waals surface area contributed by atoms with Gasteiger partial charge in [0.2, 0.25) is 0 Å². The first-order chi connectivity index (χ1) is 16.7. The molecule has 3 amide bonds. The summed E-state index contributed by atoms with van der Waals surface area (Å²) in [5.41, 5.74) is 1.52. The predicted molar refractivity (Wildman–Crippen MR) is 138 cm³/mol. The molecule has 0 saturated carbocycles. The molecule has 2 aliphatic rings. The Morgan fingerprint density at radius 3 is 2.63 bits per heavy atom. The molecule has 0 spiro atoms. The maximum absolute atomic E-state index is 13.7. The summed E-state index contributed by atoms with van der Waals surface area (Å²) in [6.45, 7) is 9.99. The Kier molecular flexibility index (Phi) is 7.93. The quantitative estimate of drug-likeness (QED) is 0.634. The lowest BCUT2D eigenvalue weighted by Gasteiger charge is -2.32. The molecule has 4 heterocycles. The van der Waals surface area contributed by atoms with Gasteiger partial charge < -0.3 is 19.5 Å². The Hall–Kier alpha value is -2.69. The molecule has 2 aliphatic heterocycles. The Morgan fingerprint density at radius 2 is 2.00 bits per heavy atom. The minimum atomic E-state index is -0.402. The van der Waals surface area contributed by atoms with Crippen LogP contribution < -0.4 is 5.32 Å². The topological polar surface area (TPSA) is 82.4 Å². The molecule has 1 fully saturated rings. The van der Waals surface area contributed by atoms with E-state index in [0.29, 0.717) is 32.7 Å². The lowest BCUT2D eigenvalue weighted by atomic mass is 10.1. The van der Waals surface area contributed by atoms with Gasteiger partial charge in [-0.05, 0) is 44.4 Å². The molecule has 190 valence electrons. The first-order valence-corrected chi connectivity index (χ1v) is 13.0. The smallest absolute Gasteiger partial charge is 0.318 e. The van der Waals surface area contributed by atoms with Crippen molar-refractivity contribution in [2.24, 2.45) is 12.1 Å². The average molecular weight is 501 g/mol. The highest BCUT2D eigenvalue weighted by Crippen LogP contribution is 2.34. The molecule has 0 aromatic carbocycles. The van der Waals surface area contributed by atoms with Crippen LogP contribution in [0.15, 0.2) is 40.9 Å². The number of aromatic nitrogens is 1. The number of carbonyl (C=O) groups is 2. The van der Waals surface area contributed by atoms with E-state index >= 15 is 0 Å². The lowest BCUT2D eigenvalue weighted by Crippen LogP contribution is -2.53. The zero-order chi connectivity index (χ0) is 25.0. The number of thiophene rings is 1. The minimum absolute atomic E-state index is 0.0333. The highest BCUT2D eigenvalue weighted by Gasteiger charge is 2.36. The van der Waals surface area contributed by atoms with Crippen molar-refractivity contribution in [3.05, 3.63) is 46.4 Å². The molecule has 1 saturated heterocycles. The number of rotatable bonds is 7. The van der Waals surface area contributed by atoms with E-state index in [4.69, 9.17) is 9.84 Å². The molecule has 0 unspecified atom stereocenters. The van der Waals surface area contributed by atoms with Crippen LogP contribution in [0.2, 0.25) is 0 Å². The largest absolute Gasteiger partial charge is 0.379 e. The molecular weight excluding hydrogens is 464 g/mol. The van der Waals surface area contributed by atoms with Crippen molar-refractivity contribution in [2.75, 3.05) is 45.9 Å². The van der Waals surface area contributed by atoms with Gasteiger partial charge in [-0.2, -0.15) is 5.10 Å². The van der Waals surface area contributed by atoms with E-state index in [9.17, 15) is 9.59 Å². The third-order valence-electron chi connectivity index (χ3n) is 6.18. The van der Waals surface area contributed by atoms with Crippen LogP contribution in [0.5, 0.6) is 0 Å². The van der Waals surface area contributed by atoms with Gasteiger partial charge in [0.25, 0.3) is 5.91 Å². The molecule has 0 aliphatic carbocycles. The average Bonchev–Trinajstić information content (AvgIpc) is 3.56. The third kappa shape index (κ3) is 6.50. The summed E-state index contributed by atoms with van der Waals surface area (Å²) in [6, 6.07) is 7.59. The fourth-order valence-corrected chi connectivity index (χ4v) is 5.08. The van der Waals surface area contributed by atoms with Crippen LogP contribution in [0.3, 0.4) is 0 Å². The fourth-order valence-electron chi connectivity index (χ4n) is 4.36. The van der Waals surface area contributed by atoms with Crippen LogP contribution in [0.1, 0.15) is 43.8 Å². The van der Waals surface area contributed by atoms with Crippen molar-refractivity contribution in [1.29, 1.82) is 0 Å². The van der Waals surface area contributed by atoms with E-state index in [-0.39, 0.29) is 24.5 Å². The molecule has 35 heavy (non-hydrogen) atoms. The number of aryl methyl sites for hydroxylation is 1.